The highest BCUT2D eigenvalue weighted by molar-refractivity contribution is 5.04. The predicted molar refractivity (Wildman–Crippen MR) is 60.7 cm³/mol. The van der Waals surface area contributed by atoms with E-state index in [0.29, 0.717) is 6.04 Å². The fourth-order valence-corrected chi connectivity index (χ4v) is 2.16. The first-order valence-electron chi connectivity index (χ1n) is 5.85. The minimum Gasteiger partial charge on any atom is -0.472 e. The molecule has 2 heterocycles. The second kappa shape index (κ2) is 5.33. The molecule has 1 aliphatic rings. The lowest BCUT2D eigenvalue weighted by Crippen LogP contribution is -2.45. The summed E-state index contributed by atoms with van der Waals surface area (Å²) in [6.07, 6.45) is 6.16. The van der Waals surface area contributed by atoms with Crippen LogP contribution in [-0.2, 0) is 6.54 Å². The van der Waals surface area contributed by atoms with Crippen LogP contribution >= 0.6 is 0 Å². The van der Waals surface area contributed by atoms with Crippen molar-refractivity contribution in [3.8, 4) is 0 Å². The molecule has 2 rings (SSSR count). The lowest BCUT2D eigenvalue weighted by Gasteiger charge is -2.32. The summed E-state index contributed by atoms with van der Waals surface area (Å²) in [6, 6.07) is 2.67. The van der Waals surface area contributed by atoms with Gasteiger partial charge in [0.1, 0.15) is 0 Å². The van der Waals surface area contributed by atoms with Crippen molar-refractivity contribution in [1.29, 1.82) is 0 Å². The Hall–Kier alpha value is -0.800. The lowest BCUT2D eigenvalue weighted by atomic mass is 10.1. The number of nitrogens with one attached hydrogen (secondary N) is 1. The van der Waals surface area contributed by atoms with Gasteiger partial charge in [-0.15, -0.1) is 0 Å². The van der Waals surface area contributed by atoms with Gasteiger partial charge < -0.3 is 14.6 Å². The molecule has 1 fully saturated rings. The van der Waals surface area contributed by atoms with Gasteiger partial charge in [-0.2, -0.15) is 0 Å². The van der Waals surface area contributed by atoms with Gasteiger partial charge in [-0.1, -0.05) is 6.92 Å². The van der Waals surface area contributed by atoms with E-state index in [-0.39, 0.29) is 0 Å². The number of hydrogen-bond acceptors (Lipinski definition) is 3. The van der Waals surface area contributed by atoms with Gasteiger partial charge in [0.15, 0.2) is 0 Å². The van der Waals surface area contributed by atoms with Crippen molar-refractivity contribution >= 4 is 0 Å². The molecule has 0 radical (unpaired) electrons. The van der Waals surface area contributed by atoms with E-state index in [0.717, 1.165) is 6.54 Å². The molecule has 0 amide bonds. The largest absolute Gasteiger partial charge is 0.472 e. The van der Waals surface area contributed by atoms with Crippen LogP contribution in [0.25, 0.3) is 0 Å². The summed E-state index contributed by atoms with van der Waals surface area (Å²) in [7, 11) is 0. The average molecular weight is 208 g/mol. The van der Waals surface area contributed by atoms with Crippen molar-refractivity contribution in [3.05, 3.63) is 24.2 Å². The molecule has 3 heteroatoms. The molecule has 0 aliphatic carbocycles. The normalized spacial score (nSPS) is 23.1. The molecule has 3 nitrogen and oxygen atoms in total. The van der Waals surface area contributed by atoms with Gasteiger partial charge in [-0.25, -0.2) is 0 Å². The SMILES string of the molecule is CCN1CCCC(NCc2ccoc2)C1. The molecule has 0 saturated carbocycles. The molecule has 1 aromatic rings. The van der Waals surface area contributed by atoms with Gasteiger partial charge in [0.2, 0.25) is 0 Å². The molecule has 1 N–H and O–H groups in total. The molecule has 0 aromatic carbocycles. The molecule has 1 aliphatic heterocycles. The second-order valence-corrected chi connectivity index (χ2v) is 4.24. The van der Waals surface area contributed by atoms with Crippen molar-refractivity contribution in [2.45, 2.75) is 32.4 Å². The maximum absolute atomic E-state index is 5.05. The van der Waals surface area contributed by atoms with Gasteiger partial charge in [-0.05, 0) is 32.0 Å². The first-order chi connectivity index (χ1) is 7.38. The van der Waals surface area contributed by atoms with Crippen LogP contribution in [0.4, 0.5) is 0 Å². The Morgan fingerprint density at radius 3 is 3.27 bits per heavy atom. The van der Waals surface area contributed by atoms with E-state index in [1.807, 2.05) is 12.3 Å². The summed E-state index contributed by atoms with van der Waals surface area (Å²) in [5.74, 6) is 0. The number of piperidine rings is 1. The second-order valence-electron chi connectivity index (χ2n) is 4.24. The van der Waals surface area contributed by atoms with Crippen molar-refractivity contribution in [3.63, 3.8) is 0 Å². The Morgan fingerprint density at radius 2 is 2.53 bits per heavy atom. The number of furan rings is 1. The molecular weight excluding hydrogens is 188 g/mol. The van der Waals surface area contributed by atoms with Crippen LogP contribution in [0, 0.1) is 0 Å². The van der Waals surface area contributed by atoms with Gasteiger partial charge in [-0.3, -0.25) is 0 Å². The number of likely N-dealkylation sites (N-methyl/N-ethyl adjacent to an activating group) is 1. The maximum Gasteiger partial charge on any atom is 0.0947 e. The van der Waals surface area contributed by atoms with E-state index >= 15 is 0 Å². The Kier molecular flexibility index (Phi) is 3.80. The number of likely N-dealkylation sites (tertiary alicyclic amines) is 1. The monoisotopic (exact) mass is 208 g/mol. The van der Waals surface area contributed by atoms with Crippen molar-refractivity contribution in [2.24, 2.45) is 0 Å². The zero-order chi connectivity index (χ0) is 10.5. The molecule has 1 unspecified atom stereocenters. The highest BCUT2D eigenvalue weighted by Gasteiger charge is 2.17. The summed E-state index contributed by atoms with van der Waals surface area (Å²) in [5.41, 5.74) is 1.24. The quantitative estimate of drug-likeness (QED) is 0.818. The van der Waals surface area contributed by atoms with Gasteiger partial charge >= 0.3 is 0 Å². The van der Waals surface area contributed by atoms with Crippen molar-refractivity contribution in [1.82, 2.24) is 10.2 Å². The first-order valence-corrected chi connectivity index (χ1v) is 5.85. The van der Waals surface area contributed by atoms with Crippen LogP contribution in [0.3, 0.4) is 0 Å². The van der Waals surface area contributed by atoms with Crippen molar-refractivity contribution < 1.29 is 4.42 Å². The minimum atomic E-state index is 0.647. The molecule has 1 aromatic heterocycles. The third-order valence-corrected chi connectivity index (χ3v) is 3.13. The first kappa shape index (κ1) is 10.7. The highest BCUT2D eigenvalue weighted by atomic mass is 16.3. The molecule has 15 heavy (non-hydrogen) atoms. The lowest BCUT2D eigenvalue weighted by molar-refractivity contribution is 0.198. The zero-order valence-electron chi connectivity index (χ0n) is 9.41. The Balaban J connectivity index is 1.74. The van der Waals surface area contributed by atoms with E-state index in [1.54, 1.807) is 6.26 Å². The number of hydrogen-bond donors (Lipinski definition) is 1. The van der Waals surface area contributed by atoms with E-state index in [2.05, 4.69) is 17.1 Å². The standard InChI is InChI=1S/C12H20N2O/c1-2-14-6-3-4-12(9-14)13-8-11-5-7-15-10-11/h5,7,10,12-13H,2-4,6,8-9H2,1H3. The van der Waals surface area contributed by atoms with Crippen LogP contribution in [0.1, 0.15) is 25.3 Å². The summed E-state index contributed by atoms with van der Waals surface area (Å²) in [4.78, 5) is 2.51. The smallest absolute Gasteiger partial charge is 0.0947 e. The van der Waals surface area contributed by atoms with E-state index in [9.17, 15) is 0 Å². The topological polar surface area (TPSA) is 28.4 Å². The highest BCUT2D eigenvalue weighted by Crippen LogP contribution is 2.10. The zero-order valence-corrected chi connectivity index (χ0v) is 9.41. The minimum absolute atomic E-state index is 0.647. The Labute approximate surface area is 91.4 Å². The molecule has 0 spiro atoms. The van der Waals surface area contributed by atoms with Crippen molar-refractivity contribution in [2.75, 3.05) is 19.6 Å². The van der Waals surface area contributed by atoms with Gasteiger partial charge in [0.05, 0.1) is 12.5 Å². The molecule has 1 saturated heterocycles. The van der Waals surface area contributed by atoms with E-state index < -0.39 is 0 Å². The number of nitrogens with zero attached hydrogens (tertiary/aromatic N) is 1. The predicted octanol–water partition coefficient (Wildman–Crippen LogP) is 1.85. The van der Waals surface area contributed by atoms with Crippen LogP contribution in [-0.4, -0.2) is 30.6 Å². The molecular formula is C12H20N2O. The Morgan fingerprint density at radius 1 is 1.60 bits per heavy atom. The maximum atomic E-state index is 5.05. The Bertz CT molecular complexity index is 271. The van der Waals surface area contributed by atoms with Gasteiger partial charge in [0.25, 0.3) is 0 Å². The fourth-order valence-electron chi connectivity index (χ4n) is 2.16. The molecule has 84 valence electrons. The van der Waals surface area contributed by atoms with E-state index in [4.69, 9.17) is 4.42 Å². The van der Waals surface area contributed by atoms with Crippen LogP contribution < -0.4 is 5.32 Å². The third kappa shape index (κ3) is 3.08. The van der Waals surface area contributed by atoms with Gasteiger partial charge in [0, 0.05) is 24.7 Å². The van der Waals surface area contributed by atoms with Crippen LogP contribution in [0.5, 0.6) is 0 Å². The summed E-state index contributed by atoms with van der Waals surface area (Å²) in [6.45, 7) is 6.79. The van der Waals surface area contributed by atoms with Crippen LogP contribution in [0.2, 0.25) is 0 Å². The summed E-state index contributed by atoms with van der Waals surface area (Å²) >= 11 is 0. The summed E-state index contributed by atoms with van der Waals surface area (Å²) in [5, 5.41) is 3.59. The third-order valence-electron chi connectivity index (χ3n) is 3.13. The molecule has 0 bridgehead atoms. The fraction of sp³-hybridized carbons (Fsp3) is 0.667. The van der Waals surface area contributed by atoms with E-state index in [1.165, 1.54) is 38.0 Å². The summed E-state index contributed by atoms with van der Waals surface area (Å²) < 4.78 is 5.05. The number of rotatable bonds is 4. The molecule has 1 atom stereocenters. The van der Waals surface area contributed by atoms with Crippen LogP contribution in [0.15, 0.2) is 23.0 Å². The average Bonchev–Trinajstić information content (AvgIpc) is 2.79.